The highest BCUT2D eigenvalue weighted by Gasteiger charge is 2.26. The van der Waals surface area contributed by atoms with Crippen LogP contribution in [0, 0.1) is 11.8 Å². The van der Waals surface area contributed by atoms with Crippen molar-refractivity contribution in [1.29, 1.82) is 0 Å². The zero-order valence-corrected chi connectivity index (χ0v) is 12.4. The second-order valence-electron chi connectivity index (χ2n) is 5.77. The molecule has 0 radical (unpaired) electrons. The standard InChI is InChI=1S/C19H20O2/c1-21-18-8-7-16-13-15(5-6-17(16)14-18)9-12-19(20)10-3-2-4-11-19/h5-8,13-14,20H,2-4,10-11H2,1H3. The smallest absolute Gasteiger partial charge is 0.125 e. The zero-order valence-electron chi connectivity index (χ0n) is 12.4. The highest BCUT2D eigenvalue weighted by Crippen LogP contribution is 2.27. The normalized spacial score (nSPS) is 17.0. The minimum atomic E-state index is -0.785. The Bertz CT molecular complexity index is 700. The summed E-state index contributed by atoms with van der Waals surface area (Å²) in [5.74, 6) is 7.09. The molecule has 0 atom stereocenters. The van der Waals surface area contributed by atoms with Gasteiger partial charge in [-0.1, -0.05) is 30.4 Å². The van der Waals surface area contributed by atoms with Crippen LogP contribution in [0.1, 0.15) is 37.7 Å². The maximum absolute atomic E-state index is 10.4. The molecule has 1 saturated carbocycles. The number of hydrogen-bond donors (Lipinski definition) is 1. The van der Waals surface area contributed by atoms with Crippen LogP contribution in [0.15, 0.2) is 36.4 Å². The molecule has 0 heterocycles. The minimum absolute atomic E-state index is 0.785. The van der Waals surface area contributed by atoms with Crippen molar-refractivity contribution in [2.45, 2.75) is 37.7 Å². The predicted octanol–water partition coefficient (Wildman–Crippen LogP) is 3.90. The highest BCUT2D eigenvalue weighted by molar-refractivity contribution is 5.85. The van der Waals surface area contributed by atoms with Crippen molar-refractivity contribution in [3.63, 3.8) is 0 Å². The third-order valence-electron chi connectivity index (χ3n) is 4.17. The van der Waals surface area contributed by atoms with Crippen LogP contribution in [-0.2, 0) is 0 Å². The lowest BCUT2D eigenvalue weighted by molar-refractivity contribution is 0.0610. The molecule has 108 valence electrons. The van der Waals surface area contributed by atoms with E-state index in [0.29, 0.717) is 0 Å². The summed E-state index contributed by atoms with van der Waals surface area (Å²) >= 11 is 0. The Morgan fingerprint density at radius 1 is 1.00 bits per heavy atom. The van der Waals surface area contributed by atoms with E-state index < -0.39 is 5.60 Å². The molecule has 0 amide bonds. The Hall–Kier alpha value is -1.98. The largest absolute Gasteiger partial charge is 0.497 e. The molecule has 2 aromatic carbocycles. The quantitative estimate of drug-likeness (QED) is 0.803. The minimum Gasteiger partial charge on any atom is -0.497 e. The lowest BCUT2D eigenvalue weighted by atomic mass is 9.85. The van der Waals surface area contributed by atoms with Gasteiger partial charge in [-0.3, -0.25) is 0 Å². The second-order valence-corrected chi connectivity index (χ2v) is 5.77. The van der Waals surface area contributed by atoms with Gasteiger partial charge in [0.1, 0.15) is 11.4 Å². The summed E-state index contributed by atoms with van der Waals surface area (Å²) in [6, 6.07) is 12.1. The van der Waals surface area contributed by atoms with Crippen molar-refractivity contribution in [2.24, 2.45) is 0 Å². The van der Waals surface area contributed by atoms with Gasteiger partial charge in [0.05, 0.1) is 7.11 Å². The van der Waals surface area contributed by atoms with Crippen LogP contribution in [0.5, 0.6) is 5.75 Å². The molecule has 0 saturated heterocycles. The van der Waals surface area contributed by atoms with Crippen LogP contribution < -0.4 is 4.74 Å². The Balaban J connectivity index is 1.88. The SMILES string of the molecule is COc1ccc2cc(C#CC3(O)CCCCC3)ccc2c1. The van der Waals surface area contributed by atoms with E-state index in [0.717, 1.165) is 47.8 Å². The molecule has 0 aromatic heterocycles. The van der Waals surface area contributed by atoms with Crippen molar-refractivity contribution >= 4 is 10.8 Å². The van der Waals surface area contributed by atoms with Crippen LogP contribution in [0.25, 0.3) is 10.8 Å². The lowest BCUT2D eigenvalue weighted by Gasteiger charge is -2.26. The van der Waals surface area contributed by atoms with Gasteiger partial charge in [0, 0.05) is 5.56 Å². The number of rotatable bonds is 1. The molecule has 0 spiro atoms. The van der Waals surface area contributed by atoms with Gasteiger partial charge < -0.3 is 9.84 Å². The van der Waals surface area contributed by atoms with Crippen molar-refractivity contribution in [2.75, 3.05) is 7.11 Å². The van der Waals surface area contributed by atoms with Crippen LogP contribution in [0.4, 0.5) is 0 Å². The summed E-state index contributed by atoms with van der Waals surface area (Å²) in [4.78, 5) is 0. The van der Waals surface area contributed by atoms with Gasteiger partial charge in [-0.15, -0.1) is 0 Å². The van der Waals surface area contributed by atoms with E-state index in [-0.39, 0.29) is 0 Å². The Morgan fingerprint density at radius 3 is 2.48 bits per heavy atom. The number of aliphatic hydroxyl groups is 1. The third-order valence-corrected chi connectivity index (χ3v) is 4.17. The van der Waals surface area contributed by atoms with Gasteiger partial charge in [0.15, 0.2) is 0 Å². The van der Waals surface area contributed by atoms with Gasteiger partial charge in [-0.2, -0.15) is 0 Å². The summed E-state index contributed by atoms with van der Waals surface area (Å²) in [5.41, 5.74) is 0.166. The molecule has 0 aliphatic heterocycles. The predicted molar refractivity (Wildman–Crippen MR) is 85.4 cm³/mol. The maximum atomic E-state index is 10.4. The molecular weight excluding hydrogens is 260 g/mol. The number of benzene rings is 2. The van der Waals surface area contributed by atoms with Gasteiger partial charge in [-0.25, -0.2) is 0 Å². The Morgan fingerprint density at radius 2 is 1.71 bits per heavy atom. The van der Waals surface area contributed by atoms with Crippen molar-refractivity contribution in [3.8, 4) is 17.6 Å². The lowest BCUT2D eigenvalue weighted by Crippen LogP contribution is -2.29. The number of fused-ring (bicyclic) bond motifs is 1. The molecule has 0 unspecified atom stereocenters. The molecule has 2 heteroatoms. The summed E-state index contributed by atoms with van der Waals surface area (Å²) < 4.78 is 5.23. The molecule has 2 aromatic rings. The van der Waals surface area contributed by atoms with Gasteiger partial charge in [-0.05, 0) is 60.7 Å². The van der Waals surface area contributed by atoms with E-state index in [1.165, 1.54) is 6.42 Å². The fourth-order valence-corrected chi connectivity index (χ4v) is 2.88. The van der Waals surface area contributed by atoms with Crippen LogP contribution in [0.3, 0.4) is 0 Å². The van der Waals surface area contributed by atoms with E-state index in [9.17, 15) is 5.11 Å². The first-order chi connectivity index (χ1) is 10.2. The van der Waals surface area contributed by atoms with Crippen molar-refractivity contribution < 1.29 is 9.84 Å². The second kappa shape index (κ2) is 5.79. The zero-order chi connectivity index (χ0) is 14.7. The van der Waals surface area contributed by atoms with Crippen LogP contribution in [0.2, 0.25) is 0 Å². The van der Waals surface area contributed by atoms with E-state index >= 15 is 0 Å². The molecule has 3 rings (SSSR count). The summed E-state index contributed by atoms with van der Waals surface area (Å²) in [6.45, 7) is 0. The third kappa shape index (κ3) is 3.20. The van der Waals surface area contributed by atoms with Gasteiger partial charge in [0.25, 0.3) is 0 Å². The Kier molecular flexibility index (Phi) is 3.86. The molecule has 1 aliphatic rings. The van der Waals surface area contributed by atoms with Gasteiger partial charge >= 0.3 is 0 Å². The fourth-order valence-electron chi connectivity index (χ4n) is 2.88. The summed E-state index contributed by atoms with van der Waals surface area (Å²) in [6.07, 6.45) is 4.95. The van der Waals surface area contributed by atoms with Crippen molar-refractivity contribution in [3.05, 3.63) is 42.0 Å². The average Bonchev–Trinajstić information content (AvgIpc) is 2.53. The summed E-state index contributed by atoms with van der Waals surface area (Å²) in [5, 5.41) is 12.7. The van der Waals surface area contributed by atoms with E-state index in [4.69, 9.17) is 4.74 Å². The first-order valence-electron chi connectivity index (χ1n) is 7.52. The first-order valence-corrected chi connectivity index (χ1v) is 7.52. The van der Waals surface area contributed by atoms with E-state index in [2.05, 4.69) is 17.9 Å². The average molecular weight is 280 g/mol. The molecule has 1 aliphatic carbocycles. The van der Waals surface area contributed by atoms with Crippen LogP contribution >= 0.6 is 0 Å². The number of methoxy groups -OCH3 is 1. The molecule has 1 N–H and O–H groups in total. The molecule has 0 bridgehead atoms. The van der Waals surface area contributed by atoms with Gasteiger partial charge in [0.2, 0.25) is 0 Å². The molecule has 21 heavy (non-hydrogen) atoms. The van der Waals surface area contributed by atoms with Crippen LogP contribution in [-0.4, -0.2) is 17.8 Å². The summed E-state index contributed by atoms with van der Waals surface area (Å²) in [7, 11) is 1.67. The number of hydrogen-bond acceptors (Lipinski definition) is 2. The van der Waals surface area contributed by atoms with E-state index in [1.807, 2.05) is 30.3 Å². The highest BCUT2D eigenvalue weighted by atomic mass is 16.5. The number of ether oxygens (including phenoxy) is 1. The topological polar surface area (TPSA) is 29.5 Å². The molecule has 1 fully saturated rings. The monoisotopic (exact) mass is 280 g/mol. The van der Waals surface area contributed by atoms with E-state index in [1.54, 1.807) is 7.11 Å². The Labute approximate surface area is 125 Å². The van der Waals surface area contributed by atoms with Crippen molar-refractivity contribution in [1.82, 2.24) is 0 Å². The maximum Gasteiger partial charge on any atom is 0.125 e. The first kappa shape index (κ1) is 14.0. The molecule has 2 nitrogen and oxygen atoms in total. The fraction of sp³-hybridized carbons (Fsp3) is 0.368. The molecular formula is C19H20O2.